The fourth-order valence-electron chi connectivity index (χ4n) is 4.04. The average Bonchev–Trinajstić information content (AvgIpc) is 2.92. The minimum atomic E-state index is -0.976. The molecule has 0 unspecified atom stereocenters. The van der Waals surface area contributed by atoms with E-state index in [-0.39, 0.29) is 48.3 Å². The van der Waals surface area contributed by atoms with E-state index in [2.05, 4.69) is 0 Å². The van der Waals surface area contributed by atoms with E-state index in [0.717, 1.165) is 32.1 Å². The number of carbonyl (C=O) groups is 4. The number of benzene rings is 1. The van der Waals surface area contributed by atoms with Gasteiger partial charge in [-0.1, -0.05) is 19.3 Å². The van der Waals surface area contributed by atoms with E-state index in [4.69, 9.17) is 5.11 Å². The molecule has 0 aromatic heterocycles. The Morgan fingerprint density at radius 3 is 2.36 bits per heavy atom. The van der Waals surface area contributed by atoms with Crippen LogP contribution in [0.2, 0.25) is 0 Å². The smallest absolute Gasteiger partial charge is 0.305 e. The second-order valence-electron chi connectivity index (χ2n) is 7.77. The molecule has 1 saturated carbocycles. The largest absolute Gasteiger partial charge is 0.481 e. The minimum Gasteiger partial charge on any atom is -0.481 e. The van der Waals surface area contributed by atoms with Crippen molar-refractivity contribution in [3.63, 3.8) is 0 Å². The second-order valence-corrected chi connectivity index (χ2v) is 7.77. The quantitative estimate of drug-likeness (QED) is 0.759. The predicted molar refractivity (Wildman–Crippen MR) is 102 cm³/mol. The summed E-state index contributed by atoms with van der Waals surface area (Å²) in [5.74, 6) is -1.92. The van der Waals surface area contributed by atoms with E-state index in [1.165, 1.54) is 15.9 Å². The van der Waals surface area contributed by atoms with Gasteiger partial charge in [-0.15, -0.1) is 0 Å². The van der Waals surface area contributed by atoms with Gasteiger partial charge in [-0.2, -0.15) is 0 Å². The van der Waals surface area contributed by atoms with Crippen LogP contribution in [0.1, 0.15) is 83.4 Å². The number of amides is 3. The first-order chi connectivity index (χ1) is 13.3. The summed E-state index contributed by atoms with van der Waals surface area (Å²) >= 11 is 0. The lowest BCUT2D eigenvalue weighted by atomic mass is 9.94. The van der Waals surface area contributed by atoms with Gasteiger partial charge < -0.3 is 10.0 Å². The van der Waals surface area contributed by atoms with Crippen molar-refractivity contribution in [3.8, 4) is 0 Å². The molecule has 1 aliphatic carbocycles. The monoisotopic (exact) mass is 386 g/mol. The Hall–Kier alpha value is -2.70. The first-order valence-electron chi connectivity index (χ1n) is 9.86. The Balaban J connectivity index is 1.85. The van der Waals surface area contributed by atoms with E-state index in [0.29, 0.717) is 11.1 Å². The number of imide groups is 1. The van der Waals surface area contributed by atoms with Crippen LogP contribution in [-0.4, -0.2) is 57.2 Å². The van der Waals surface area contributed by atoms with E-state index in [1.54, 1.807) is 12.1 Å². The highest BCUT2D eigenvalue weighted by molar-refractivity contribution is 6.22. The van der Waals surface area contributed by atoms with Gasteiger partial charge in [0, 0.05) is 24.2 Å². The van der Waals surface area contributed by atoms with E-state index in [9.17, 15) is 19.2 Å². The molecule has 1 aromatic carbocycles. The van der Waals surface area contributed by atoms with Gasteiger partial charge in [0.2, 0.25) is 0 Å². The molecule has 0 atom stereocenters. The van der Waals surface area contributed by atoms with Gasteiger partial charge in [-0.25, -0.2) is 0 Å². The van der Waals surface area contributed by atoms with Gasteiger partial charge in [0.25, 0.3) is 17.7 Å². The van der Waals surface area contributed by atoms with Crippen LogP contribution in [-0.2, 0) is 4.79 Å². The van der Waals surface area contributed by atoms with Gasteiger partial charge in [0.05, 0.1) is 17.5 Å². The van der Waals surface area contributed by atoms with Gasteiger partial charge in [0.15, 0.2) is 0 Å². The highest BCUT2D eigenvalue weighted by Crippen LogP contribution is 2.31. The molecule has 0 saturated heterocycles. The summed E-state index contributed by atoms with van der Waals surface area (Å²) in [5, 5.41) is 8.91. The third-order valence-corrected chi connectivity index (χ3v) is 5.56. The van der Waals surface area contributed by atoms with Crippen LogP contribution in [0.4, 0.5) is 0 Å². The molecule has 3 amide bonds. The van der Waals surface area contributed by atoms with E-state index < -0.39 is 5.97 Å². The van der Waals surface area contributed by atoms with Crippen molar-refractivity contribution in [2.24, 2.45) is 0 Å². The fraction of sp³-hybridized carbons (Fsp3) is 0.524. The summed E-state index contributed by atoms with van der Waals surface area (Å²) < 4.78 is 0. The number of hydrogen-bond donors (Lipinski definition) is 1. The zero-order valence-corrected chi connectivity index (χ0v) is 16.3. The highest BCUT2D eigenvalue weighted by atomic mass is 16.4. The molecular weight excluding hydrogens is 360 g/mol. The Bertz CT molecular complexity index is 811. The Morgan fingerprint density at radius 2 is 1.75 bits per heavy atom. The molecule has 0 radical (unpaired) electrons. The zero-order valence-electron chi connectivity index (χ0n) is 16.3. The molecule has 1 fully saturated rings. The third-order valence-electron chi connectivity index (χ3n) is 5.56. The summed E-state index contributed by atoms with van der Waals surface area (Å²) in [7, 11) is 0. The number of carboxylic acid groups (broad SMARTS) is 1. The lowest BCUT2D eigenvalue weighted by molar-refractivity contribution is -0.137. The van der Waals surface area contributed by atoms with Crippen LogP contribution in [0.3, 0.4) is 0 Å². The molecule has 7 nitrogen and oxygen atoms in total. The molecular formula is C21H26N2O5. The van der Waals surface area contributed by atoms with Crippen molar-refractivity contribution < 1.29 is 24.3 Å². The Labute approximate surface area is 164 Å². The van der Waals surface area contributed by atoms with Crippen LogP contribution in [0.25, 0.3) is 0 Å². The van der Waals surface area contributed by atoms with Gasteiger partial charge in [-0.3, -0.25) is 24.1 Å². The van der Waals surface area contributed by atoms with Crippen LogP contribution in [0, 0.1) is 0 Å². The SMILES string of the molecule is CC(C)N(CCC(=O)O)C(=O)c1ccc2c(c1)C(=O)N(C1CCCCC1)C2=O. The van der Waals surface area contributed by atoms with Crippen molar-refractivity contribution in [1.29, 1.82) is 0 Å². The lowest BCUT2D eigenvalue weighted by Gasteiger charge is -2.29. The maximum Gasteiger partial charge on any atom is 0.305 e. The Morgan fingerprint density at radius 1 is 1.11 bits per heavy atom. The molecule has 7 heteroatoms. The summed E-state index contributed by atoms with van der Waals surface area (Å²) in [5.41, 5.74) is 0.904. The predicted octanol–water partition coefficient (Wildman–Crippen LogP) is 2.94. The van der Waals surface area contributed by atoms with Crippen molar-refractivity contribution in [3.05, 3.63) is 34.9 Å². The number of hydrogen-bond acceptors (Lipinski definition) is 4. The van der Waals surface area contributed by atoms with E-state index in [1.807, 2.05) is 13.8 Å². The van der Waals surface area contributed by atoms with Crippen LogP contribution >= 0.6 is 0 Å². The first kappa shape index (κ1) is 20.0. The molecule has 1 heterocycles. The minimum absolute atomic E-state index is 0.0666. The summed E-state index contributed by atoms with van der Waals surface area (Å²) in [4.78, 5) is 52.3. The van der Waals surface area contributed by atoms with Crippen LogP contribution < -0.4 is 0 Å². The van der Waals surface area contributed by atoms with Gasteiger partial charge in [0.1, 0.15) is 0 Å². The van der Waals surface area contributed by atoms with E-state index >= 15 is 0 Å². The van der Waals surface area contributed by atoms with Crippen molar-refractivity contribution in [2.45, 2.75) is 64.5 Å². The lowest BCUT2D eigenvalue weighted by Crippen LogP contribution is -2.40. The molecule has 0 spiro atoms. The molecule has 0 bridgehead atoms. The Kier molecular flexibility index (Phi) is 5.82. The van der Waals surface area contributed by atoms with Gasteiger partial charge >= 0.3 is 5.97 Å². The number of rotatable bonds is 6. The van der Waals surface area contributed by atoms with Crippen molar-refractivity contribution >= 4 is 23.7 Å². The van der Waals surface area contributed by atoms with Crippen molar-refractivity contribution in [2.75, 3.05) is 6.54 Å². The van der Waals surface area contributed by atoms with Crippen LogP contribution in [0.15, 0.2) is 18.2 Å². The van der Waals surface area contributed by atoms with Crippen LogP contribution in [0.5, 0.6) is 0 Å². The molecule has 3 rings (SSSR count). The molecule has 2 aliphatic rings. The topological polar surface area (TPSA) is 95.0 Å². The molecule has 150 valence electrons. The third kappa shape index (κ3) is 3.79. The summed E-state index contributed by atoms with van der Waals surface area (Å²) in [6.07, 6.45) is 4.64. The normalized spacial score (nSPS) is 17.2. The zero-order chi connectivity index (χ0) is 20.4. The summed E-state index contributed by atoms with van der Waals surface area (Å²) in [6, 6.07) is 4.32. The standard InChI is InChI=1S/C21H26N2O5/c1-13(2)22(11-10-18(24)25)19(26)14-8-9-16-17(12-14)21(28)23(20(16)27)15-6-4-3-5-7-15/h8-9,12-13,15H,3-7,10-11H2,1-2H3,(H,24,25). The second kappa shape index (κ2) is 8.12. The molecule has 28 heavy (non-hydrogen) atoms. The van der Waals surface area contributed by atoms with Gasteiger partial charge in [-0.05, 0) is 44.9 Å². The fourth-order valence-corrected chi connectivity index (χ4v) is 4.04. The molecule has 1 N–H and O–H groups in total. The first-order valence-corrected chi connectivity index (χ1v) is 9.86. The summed E-state index contributed by atoms with van der Waals surface area (Å²) in [6.45, 7) is 3.71. The number of carboxylic acids is 1. The molecule has 1 aliphatic heterocycles. The average molecular weight is 386 g/mol. The maximum absolute atomic E-state index is 12.9. The maximum atomic E-state index is 12.9. The van der Waals surface area contributed by atoms with Crippen molar-refractivity contribution in [1.82, 2.24) is 9.80 Å². The number of fused-ring (bicyclic) bond motifs is 1. The number of carbonyl (C=O) groups excluding carboxylic acids is 3. The molecule has 1 aromatic rings. The number of aliphatic carboxylic acids is 1. The highest BCUT2D eigenvalue weighted by Gasteiger charge is 2.40. The number of nitrogens with zero attached hydrogens (tertiary/aromatic N) is 2.